The highest BCUT2D eigenvalue weighted by molar-refractivity contribution is 6.20. The molecule has 2 rings (SSSR count). The molecule has 4 atom stereocenters. The van der Waals surface area contributed by atoms with Crippen molar-refractivity contribution >= 4 is 17.5 Å². The van der Waals surface area contributed by atoms with E-state index in [2.05, 4.69) is 12.2 Å². The van der Waals surface area contributed by atoms with Crippen molar-refractivity contribution in [3.63, 3.8) is 0 Å². The molecule has 0 spiro atoms. The molecule has 2 bridgehead atoms. The Bertz CT molecular complexity index is 269. The molecule has 0 aliphatic heterocycles. The van der Waals surface area contributed by atoms with Gasteiger partial charge in [0.1, 0.15) is 0 Å². The molecule has 98 valence electrons. The van der Waals surface area contributed by atoms with E-state index in [-0.39, 0.29) is 11.3 Å². The first-order valence-electron chi connectivity index (χ1n) is 7.09. The number of alkyl halides is 1. The zero-order valence-corrected chi connectivity index (χ0v) is 11.5. The first-order valence-corrected chi connectivity index (χ1v) is 7.53. The van der Waals surface area contributed by atoms with Crippen molar-refractivity contribution in [3.8, 4) is 0 Å². The smallest absolute Gasteiger partial charge is 0.220 e. The molecule has 3 heteroatoms. The highest BCUT2D eigenvalue weighted by Gasteiger charge is 2.39. The fourth-order valence-corrected chi connectivity index (χ4v) is 3.87. The maximum absolute atomic E-state index is 11.8. The molecule has 0 aromatic heterocycles. The predicted molar refractivity (Wildman–Crippen MR) is 71.1 cm³/mol. The van der Waals surface area contributed by atoms with Crippen LogP contribution in [0.15, 0.2) is 0 Å². The number of hydrogen-bond acceptors (Lipinski definition) is 1. The van der Waals surface area contributed by atoms with Crippen molar-refractivity contribution in [1.29, 1.82) is 0 Å². The van der Waals surface area contributed by atoms with Gasteiger partial charge in [0.05, 0.1) is 5.38 Å². The lowest BCUT2D eigenvalue weighted by Crippen LogP contribution is -2.31. The molecule has 17 heavy (non-hydrogen) atoms. The second-order valence-electron chi connectivity index (χ2n) is 5.83. The van der Waals surface area contributed by atoms with Crippen molar-refractivity contribution in [2.24, 2.45) is 17.8 Å². The van der Waals surface area contributed by atoms with Crippen LogP contribution in [0, 0.1) is 17.8 Å². The van der Waals surface area contributed by atoms with Crippen LogP contribution in [0.5, 0.6) is 0 Å². The number of carbonyl (C=O) groups is 1. The summed E-state index contributed by atoms with van der Waals surface area (Å²) in [6.45, 7) is 2.75. The maximum atomic E-state index is 11.8. The standard InChI is InChI=1S/C14H24ClNO/c1-2-3-13(15)9-16-14(17)8-12-7-10-4-5-11(12)6-10/h10-13H,2-9H2,1H3,(H,16,17). The summed E-state index contributed by atoms with van der Waals surface area (Å²) in [5.41, 5.74) is 0. The first kappa shape index (κ1) is 13.2. The molecular formula is C14H24ClNO. The van der Waals surface area contributed by atoms with E-state index >= 15 is 0 Å². The zero-order chi connectivity index (χ0) is 12.3. The highest BCUT2D eigenvalue weighted by atomic mass is 35.5. The summed E-state index contributed by atoms with van der Waals surface area (Å²) in [7, 11) is 0. The first-order chi connectivity index (χ1) is 8.19. The van der Waals surface area contributed by atoms with Gasteiger partial charge < -0.3 is 5.32 Å². The topological polar surface area (TPSA) is 29.1 Å². The molecule has 2 aliphatic carbocycles. The Balaban J connectivity index is 1.64. The van der Waals surface area contributed by atoms with Crippen LogP contribution in [-0.4, -0.2) is 17.8 Å². The minimum atomic E-state index is 0.101. The van der Waals surface area contributed by atoms with Crippen LogP contribution in [0.4, 0.5) is 0 Å². The Kier molecular flexibility index (Phi) is 4.72. The van der Waals surface area contributed by atoms with E-state index in [1.807, 2.05) is 0 Å². The van der Waals surface area contributed by atoms with E-state index in [1.165, 1.54) is 25.7 Å². The van der Waals surface area contributed by atoms with Crippen molar-refractivity contribution in [3.05, 3.63) is 0 Å². The Morgan fingerprint density at radius 2 is 2.24 bits per heavy atom. The maximum Gasteiger partial charge on any atom is 0.220 e. The second kappa shape index (κ2) is 6.08. The summed E-state index contributed by atoms with van der Waals surface area (Å²) >= 11 is 6.09. The lowest BCUT2D eigenvalue weighted by molar-refractivity contribution is -0.122. The highest BCUT2D eigenvalue weighted by Crippen LogP contribution is 2.49. The minimum absolute atomic E-state index is 0.101. The van der Waals surface area contributed by atoms with E-state index in [0.717, 1.165) is 31.1 Å². The van der Waals surface area contributed by atoms with E-state index < -0.39 is 0 Å². The minimum Gasteiger partial charge on any atom is -0.355 e. The predicted octanol–water partition coefficient (Wildman–Crippen LogP) is 3.34. The molecule has 0 radical (unpaired) electrons. The Morgan fingerprint density at radius 3 is 2.82 bits per heavy atom. The van der Waals surface area contributed by atoms with E-state index in [0.29, 0.717) is 12.5 Å². The van der Waals surface area contributed by atoms with Crippen LogP contribution in [0.25, 0.3) is 0 Å². The molecule has 0 saturated heterocycles. The molecule has 1 N–H and O–H groups in total. The normalized spacial score (nSPS) is 32.7. The van der Waals surface area contributed by atoms with E-state index in [9.17, 15) is 4.79 Å². The number of nitrogens with one attached hydrogen (secondary N) is 1. The SMILES string of the molecule is CCCC(Cl)CNC(=O)CC1CC2CCC1C2. The van der Waals surface area contributed by atoms with E-state index in [4.69, 9.17) is 11.6 Å². The number of rotatable bonds is 6. The van der Waals surface area contributed by atoms with Crippen LogP contribution < -0.4 is 5.32 Å². The summed E-state index contributed by atoms with van der Waals surface area (Å²) in [5.74, 6) is 2.64. The number of hydrogen-bond donors (Lipinski definition) is 1. The molecule has 4 unspecified atom stereocenters. The Labute approximate surface area is 109 Å². The molecule has 0 aromatic carbocycles. The van der Waals surface area contributed by atoms with Gasteiger partial charge >= 0.3 is 0 Å². The van der Waals surface area contributed by atoms with Crippen LogP contribution >= 0.6 is 11.6 Å². The molecule has 2 saturated carbocycles. The van der Waals surface area contributed by atoms with Crippen LogP contribution in [0.2, 0.25) is 0 Å². The van der Waals surface area contributed by atoms with Crippen molar-refractivity contribution in [2.75, 3.05) is 6.54 Å². The van der Waals surface area contributed by atoms with Crippen molar-refractivity contribution in [2.45, 2.75) is 57.2 Å². The van der Waals surface area contributed by atoms with Crippen LogP contribution in [-0.2, 0) is 4.79 Å². The van der Waals surface area contributed by atoms with Gasteiger partial charge in [0, 0.05) is 13.0 Å². The average molecular weight is 258 g/mol. The quantitative estimate of drug-likeness (QED) is 0.727. The van der Waals surface area contributed by atoms with Gasteiger partial charge in [0.2, 0.25) is 5.91 Å². The Hall–Kier alpha value is -0.240. The van der Waals surface area contributed by atoms with E-state index in [1.54, 1.807) is 0 Å². The molecule has 1 amide bonds. The number of halogens is 1. The van der Waals surface area contributed by atoms with Crippen LogP contribution in [0.3, 0.4) is 0 Å². The third-order valence-electron chi connectivity index (χ3n) is 4.45. The molecule has 2 aliphatic rings. The Morgan fingerprint density at radius 1 is 1.41 bits per heavy atom. The fraction of sp³-hybridized carbons (Fsp3) is 0.929. The van der Waals surface area contributed by atoms with Gasteiger partial charge in [-0.3, -0.25) is 4.79 Å². The fourth-order valence-electron chi connectivity index (χ4n) is 3.58. The van der Waals surface area contributed by atoms with Gasteiger partial charge in [0.25, 0.3) is 0 Å². The lowest BCUT2D eigenvalue weighted by atomic mass is 9.86. The number of fused-ring (bicyclic) bond motifs is 2. The van der Waals surface area contributed by atoms with Crippen molar-refractivity contribution in [1.82, 2.24) is 5.32 Å². The second-order valence-corrected chi connectivity index (χ2v) is 6.45. The number of carbonyl (C=O) groups excluding carboxylic acids is 1. The van der Waals surface area contributed by atoms with Gasteiger partial charge in [-0.1, -0.05) is 19.8 Å². The summed E-state index contributed by atoms with van der Waals surface area (Å²) in [6, 6.07) is 0. The van der Waals surface area contributed by atoms with Gasteiger partial charge in [0.15, 0.2) is 0 Å². The monoisotopic (exact) mass is 257 g/mol. The summed E-state index contributed by atoms with van der Waals surface area (Å²) in [5, 5.41) is 3.08. The van der Waals surface area contributed by atoms with Crippen LogP contribution in [0.1, 0.15) is 51.9 Å². The third kappa shape index (κ3) is 3.61. The van der Waals surface area contributed by atoms with Gasteiger partial charge in [-0.05, 0) is 43.4 Å². The van der Waals surface area contributed by atoms with Gasteiger partial charge in [-0.15, -0.1) is 11.6 Å². The largest absolute Gasteiger partial charge is 0.355 e. The van der Waals surface area contributed by atoms with Gasteiger partial charge in [-0.25, -0.2) is 0 Å². The summed E-state index contributed by atoms with van der Waals surface area (Å²) in [6.07, 6.45) is 8.23. The molecule has 2 fully saturated rings. The molecule has 0 heterocycles. The summed E-state index contributed by atoms with van der Waals surface area (Å²) in [4.78, 5) is 11.8. The molecule has 0 aromatic rings. The zero-order valence-electron chi connectivity index (χ0n) is 10.8. The molecule has 2 nitrogen and oxygen atoms in total. The lowest BCUT2D eigenvalue weighted by Gasteiger charge is -2.21. The molecular weight excluding hydrogens is 234 g/mol. The van der Waals surface area contributed by atoms with Gasteiger partial charge in [-0.2, -0.15) is 0 Å². The third-order valence-corrected chi connectivity index (χ3v) is 4.83. The summed E-state index contributed by atoms with van der Waals surface area (Å²) < 4.78 is 0. The van der Waals surface area contributed by atoms with Crippen molar-refractivity contribution < 1.29 is 4.79 Å². The average Bonchev–Trinajstić information content (AvgIpc) is 2.88. The number of amides is 1.